The Morgan fingerprint density at radius 1 is 1.47 bits per heavy atom. The zero-order valence-electron chi connectivity index (χ0n) is 10.7. The third-order valence-electron chi connectivity index (χ3n) is 3.36. The van der Waals surface area contributed by atoms with E-state index in [4.69, 9.17) is 0 Å². The molecule has 1 N–H and O–H groups in total. The fraction of sp³-hybridized carbons (Fsp3) is 0.571. The molecular weight excluding hydrogens is 276 g/mol. The molecule has 0 aliphatic carbocycles. The highest BCUT2D eigenvalue weighted by Crippen LogP contribution is 2.29. The summed E-state index contributed by atoms with van der Waals surface area (Å²) in [5.41, 5.74) is 2.67. The highest BCUT2D eigenvalue weighted by atomic mass is 79.9. The van der Waals surface area contributed by atoms with Crippen molar-refractivity contribution in [3.8, 4) is 0 Å². The predicted molar refractivity (Wildman–Crippen MR) is 77.8 cm³/mol. The van der Waals surface area contributed by atoms with Gasteiger partial charge in [-0.3, -0.25) is 0 Å². The van der Waals surface area contributed by atoms with Gasteiger partial charge in [0.2, 0.25) is 0 Å². The first-order valence-corrected chi connectivity index (χ1v) is 7.24. The van der Waals surface area contributed by atoms with Crippen LogP contribution >= 0.6 is 15.9 Å². The lowest BCUT2D eigenvalue weighted by Crippen LogP contribution is -2.45. The maximum absolute atomic E-state index is 3.66. The van der Waals surface area contributed by atoms with E-state index in [2.05, 4.69) is 58.2 Å². The third-order valence-corrected chi connectivity index (χ3v) is 4.03. The second-order valence-electron chi connectivity index (χ2n) is 4.80. The van der Waals surface area contributed by atoms with E-state index < -0.39 is 0 Å². The van der Waals surface area contributed by atoms with E-state index in [1.165, 1.54) is 35.1 Å². The van der Waals surface area contributed by atoms with Gasteiger partial charge in [-0.1, -0.05) is 13.0 Å². The van der Waals surface area contributed by atoms with Crippen LogP contribution in [0.5, 0.6) is 0 Å². The summed E-state index contributed by atoms with van der Waals surface area (Å²) >= 11 is 3.66. The van der Waals surface area contributed by atoms with Crippen molar-refractivity contribution in [2.24, 2.45) is 0 Å². The number of rotatable bonds is 3. The number of aryl methyl sites for hydroxylation is 1. The van der Waals surface area contributed by atoms with Gasteiger partial charge in [0.25, 0.3) is 0 Å². The van der Waals surface area contributed by atoms with Crippen LogP contribution in [0.15, 0.2) is 22.7 Å². The topological polar surface area (TPSA) is 15.3 Å². The molecule has 2 rings (SSSR count). The van der Waals surface area contributed by atoms with Gasteiger partial charge in [0.1, 0.15) is 0 Å². The lowest BCUT2D eigenvalue weighted by atomic mass is 10.0. The average Bonchev–Trinajstić information content (AvgIpc) is 2.33. The van der Waals surface area contributed by atoms with Crippen molar-refractivity contribution in [1.29, 1.82) is 0 Å². The van der Waals surface area contributed by atoms with Gasteiger partial charge < -0.3 is 10.2 Å². The van der Waals surface area contributed by atoms with Crippen molar-refractivity contribution in [2.45, 2.75) is 32.7 Å². The van der Waals surface area contributed by atoms with E-state index in [0.717, 1.165) is 13.1 Å². The van der Waals surface area contributed by atoms with Crippen LogP contribution in [0.4, 0.5) is 5.69 Å². The minimum Gasteiger partial charge on any atom is -0.369 e. The molecule has 0 amide bonds. The number of likely N-dealkylation sites (N-methyl/N-ethyl adjacent to an activating group) is 1. The highest BCUT2D eigenvalue weighted by Gasteiger charge is 2.20. The van der Waals surface area contributed by atoms with E-state index in [-0.39, 0.29) is 0 Å². The summed E-state index contributed by atoms with van der Waals surface area (Å²) in [7, 11) is 0. The molecule has 2 nitrogen and oxygen atoms in total. The van der Waals surface area contributed by atoms with E-state index >= 15 is 0 Å². The number of hydrogen-bond donors (Lipinski definition) is 1. The summed E-state index contributed by atoms with van der Waals surface area (Å²) in [6.45, 7) is 7.69. The van der Waals surface area contributed by atoms with Crippen LogP contribution in [0.3, 0.4) is 0 Å². The van der Waals surface area contributed by atoms with E-state index in [1.807, 2.05) is 0 Å². The van der Waals surface area contributed by atoms with Crippen LogP contribution in [0, 0.1) is 6.92 Å². The molecule has 1 unspecified atom stereocenters. The number of hydrogen-bond acceptors (Lipinski definition) is 2. The molecular formula is C14H21BrN2. The van der Waals surface area contributed by atoms with Gasteiger partial charge in [0.05, 0.1) is 5.69 Å². The minimum atomic E-state index is 0.640. The van der Waals surface area contributed by atoms with Crippen molar-refractivity contribution < 1.29 is 0 Å². The fourth-order valence-corrected chi connectivity index (χ4v) is 3.01. The monoisotopic (exact) mass is 296 g/mol. The van der Waals surface area contributed by atoms with Gasteiger partial charge in [-0.2, -0.15) is 0 Å². The predicted octanol–water partition coefficient (Wildman–Crippen LogP) is 3.34. The molecule has 1 aliphatic rings. The zero-order valence-corrected chi connectivity index (χ0v) is 12.3. The second-order valence-corrected chi connectivity index (χ2v) is 5.65. The molecule has 94 valence electrons. The van der Waals surface area contributed by atoms with E-state index in [1.54, 1.807) is 0 Å². The molecule has 1 aromatic carbocycles. The molecule has 0 radical (unpaired) electrons. The van der Waals surface area contributed by atoms with Crippen LogP contribution in [-0.2, 0) is 0 Å². The quantitative estimate of drug-likeness (QED) is 0.920. The van der Waals surface area contributed by atoms with Crippen molar-refractivity contribution in [2.75, 3.05) is 24.5 Å². The van der Waals surface area contributed by atoms with Gasteiger partial charge in [-0.25, -0.2) is 0 Å². The Hall–Kier alpha value is -0.540. The fourth-order valence-electron chi connectivity index (χ4n) is 2.52. The van der Waals surface area contributed by atoms with E-state index in [0.29, 0.717) is 6.04 Å². The lowest BCUT2D eigenvalue weighted by Gasteiger charge is -2.35. The van der Waals surface area contributed by atoms with Crippen molar-refractivity contribution in [3.05, 3.63) is 28.2 Å². The number of anilines is 1. The summed E-state index contributed by atoms with van der Waals surface area (Å²) in [5, 5.41) is 3.56. The Morgan fingerprint density at radius 3 is 3.06 bits per heavy atom. The maximum atomic E-state index is 3.66. The maximum Gasteiger partial charge on any atom is 0.0513 e. The largest absolute Gasteiger partial charge is 0.369 e. The Morgan fingerprint density at radius 2 is 2.29 bits per heavy atom. The van der Waals surface area contributed by atoms with Gasteiger partial charge in [-0.05, 0) is 59.9 Å². The molecule has 0 bridgehead atoms. The Balaban J connectivity index is 2.13. The smallest absolute Gasteiger partial charge is 0.0513 e. The van der Waals surface area contributed by atoms with Crippen LogP contribution in [-0.4, -0.2) is 25.7 Å². The molecule has 1 atom stereocenters. The van der Waals surface area contributed by atoms with Crippen LogP contribution < -0.4 is 10.2 Å². The lowest BCUT2D eigenvalue weighted by molar-refractivity contribution is 0.431. The first-order valence-electron chi connectivity index (χ1n) is 6.45. The van der Waals surface area contributed by atoms with Crippen molar-refractivity contribution in [1.82, 2.24) is 5.32 Å². The molecule has 0 saturated carbocycles. The third kappa shape index (κ3) is 3.23. The van der Waals surface area contributed by atoms with E-state index in [9.17, 15) is 0 Å². The number of benzene rings is 1. The van der Waals surface area contributed by atoms with Crippen molar-refractivity contribution >= 4 is 21.6 Å². The van der Waals surface area contributed by atoms with Crippen LogP contribution in [0.25, 0.3) is 0 Å². The summed E-state index contributed by atoms with van der Waals surface area (Å²) in [6, 6.07) is 7.22. The van der Waals surface area contributed by atoms with Crippen molar-refractivity contribution in [3.63, 3.8) is 0 Å². The van der Waals surface area contributed by atoms with Gasteiger partial charge >= 0.3 is 0 Å². The Bertz CT molecular complexity index is 376. The number of nitrogens with one attached hydrogen (secondary N) is 1. The van der Waals surface area contributed by atoms with Gasteiger partial charge in [0, 0.05) is 23.6 Å². The molecule has 1 saturated heterocycles. The van der Waals surface area contributed by atoms with Crippen LogP contribution in [0.1, 0.15) is 25.3 Å². The first-order chi connectivity index (χ1) is 8.20. The van der Waals surface area contributed by atoms with Gasteiger partial charge in [-0.15, -0.1) is 0 Å². The first kappa shape index (κ1) is 12.9. The summed E-state index contributed by atoms with van der Waals surface area (Å²) in [5.74, 6) is 0. The number of piperidine rings is 1. The molecule has 1 fully saturated rings. The Labute approximate surface area is 113 Å². The second kappa shape index (κ2) is 5.87. The normalized spacial score (nSPS) is 20.6. The minimum absolute atomic E-state index is 0.640. The highest BCUT2D eigenvalue weighted by molar-refractivity contribution is 9.10. The molecule has 1 aliphatic heterocycles. The standard InChI is InChI=1S/C14H21BrN2/c1-3-16-12-5-4-8-17(10-12)14-9-11(2)6-7-13(14)15/h6-7,9,12,16H,3-5,8,10H2,1-2H3. The molecule has 17 heavy (non-hydrogen) atoms. The SMILES string of the molecule is CCNC1CCCN(c2cc(C)ccc2Br)C1. The number of nitrogens with zero attached hydrogens (tertiary/aromatic N) is 1. The van der Waals surface area contributed by atoms with Crippen LogP contribution in [0.2, 0.25) is 0 Å². The summed E-state index contributed by atoms with van der Waals surface area (Å²) < 4.78 is 1.21. The number of halogens is 1. The Kier molecular flexibility index (Phi) is 4.46. The average molecular weight is 297 g/mol. The molecule has 1 aromatic rings. The molecule has 1 heterocycles. The molecule has 0 spiro atoms. The summed E-state index contributed by atoms with van der Waals surface area (Å²) in [4.78, 5) is 2.49. The summed E-state index contributed by atoms with van der Waals surface area (Å²) in [6.07, 6.45) is 2.58. The molecule has 0 aromatic heterocycles. The molecule has 3 heteroatoms. The zero-order chi connectivity index (χ0) is 12.3. The van der Waals surface area contributed by atoms with Gasteiger partial charge in [0.15, 0.2) is 0 Å².